The van der Waals surface area contributed by atoms with Gasteiger partial charge in [0.25, 0.3) is 11.6 Å². The summed E-state index contributed by atoms with van der Waals surface area (Å²) < 4.78 is 13.3. The molecule has 0 aliphatic carbocycles. The lowest BCUT2D eigenvalue weighted by Gasteiger charge is -2.03. The maximum atomic E-state index is 13.3. The fourth-order valence-corrected chi connectivity index (χ4v) is 1.88. The molecule has 0 saturated carbocycles. The van der Waals surface area contributed by atoms with E-state index in [-0.39, 0.29) is 23.4 Å². The zero-order valence-electron chi connectivity index (χ0n) is 12.3. The Morgan fingerprint density at radius 3 is 2.74 bits per heavy atom. The fourth-order valence-electron chi connectivity index (χ4n) is 1.88. The quantitative estimate of drug-likeness (QED) is 0.538. The van der Waals surface area contributed by atoms with Gasteiger partial charge in [-0.25, -0.2) is 4.39 Å². The number of benzene rings is 2. The molecule has 6 heteroatoms. The van der Waals surface area contributed by atoms with Crippen LogP contribution in [0, 0.1) is 34.7 Å². The van der Waals surface area contributed by atoms with Crippen molar-refractivity contribution in [3.63, 3.8) is 0 Å². The Morgan fingerprint density at radius 2 is 2.04 bits per heavy atom. The molecule has 116 valence electrons. The van der Waals surface area contributed by atoms with Gasteiger partial charge >= 0.3 is 0 Å². The standard InChI is InChI=1S/C17H13FN2O3/c1-12-8-9-14(11-16(12)20(22)23)17(21)19-10-4-6-13-5-2-3-7-15(13)18/h2-3,5,7-9,11H,10H2,1H3,(H,19,21). The van der Waals surface area contributed by atoms with Gasteiger partial charge in [-0.15, -0.1) is 0 Å². The van der Waals surface area contributed by atoms with Gasteiger partial charge in [-0.2, -0.15) is 0 Å². The molecule has 0 aromatic heterocycles. The molecule has 1 amide bonds. The Labute approximate surface area is 132 Å². The van der Waals surface area contributed by atoms with Crippen molar-refractivity contribution < 1.29 is 14.1 Å². The van der Waals surface area contributed by atoms with Crippen molar-refractivity contribution in [2.24, 2.45) is 0 Å². The SMILES string of the molecule is Cc1ccc(C(=O)NCC#Cc2ccccc2F)cc1[N+](=O)[O-]. The van der Waals surface area contributed by atoms with E-state index in [1.807, 2.05) is 0 Å². The molecule has 0 aliphatic heterocycles. The van der Waals surface area contributed by atoms with Crippen LogP contribution in [0.1, 0.15) is 21.5 Å². The smallest absolute Gasteiger partial charge is 0.273 e. The topological polar surface area (TPSA) is 72.2 Å². The number of nitro groups is 1. The summed E-state index contributed by atoms with van der Waals surface area (Å²) in [6, 6.07) is 10.3. The first-order chi connectivity index (χ1) is 11.0. The lowest BCUT2D eigenvalue weighted by Crippen LogP contribution is -2.23. The number of aryl methyl sites for hydroxylation is 1. The molecule has 0 bridgehead atoms. The Kier molecular flexibility index (Phi) is 5.05. The van der Waals surface area contributed by atoms with Crippen molar-refractivity contribution in [2.45, 2.75) is 6.92 Å². The zero-order valence-corrected chi connectivity index (χ0v) is 12.3. The van der Waals surface area contributed by atoms with Crippen LogP contribution in [0.25, 0.3) is 0 Å². The maximum absolute atomic E-state index is 13.3. The van der Waals surface area contributed by atoms with Crippen LogP contribution >= 0.6 is 0 Å². The first-order valence-corrected chi connectivity index (χ1v) is 6.75. The van der Waals surface area contributed by atoms with Gasteiger partial charge in [-0.05, 0) is 25.1 Å². The molecule has 0 heterocycles. The Bertz CT molecular complexity index is 822. The van der Waals surface area contributed by atoms with Crippen molar-refractivity contribution in [3.8, 4) is 11.8 Å². The second-order valence-electron chi connectivity index (χ2n) is 4.72. The number of carbonyl (C=O) groups excluding carboxylic acids is 1. The van der Waals surface area contributed by atoms with Crippen LogP contribution in [-0.2, 0) is 0 Å². The third kappa shape index (κ3) is 4.14. The van der Waals surface area contributed by atoms with E-state index < -0.39 is 16.6 Å². The van der Waals surface area contributed by atoms with Crippen molar-refractivity contribution in [1.29, 1.82) is 0 Å². The molecule has 1 N–H and O–H groups in total. The van der Waals surface area contributed by atoms with E-state index in [2.05, 4.69) is 17.2 Å². The second kappa shape index (κ2) is 7.18. The highest BCUT2D eigenvalue weighted by Crippen LogP contribution is 2.19. The number of carbonyl (C=O) groups is 1. The van der Waals surface area contributed by atoms with Crippen LogP contribution in [0.15, 0.2) is 42.5 Å². The lowest BCUT2D eigenvalue weighted by atomic mass is 10.1. The van der Waals surface area contributed by atoms with Crippen molar-refractivity contribution in [2.75, 3.05) is 6.54 Å². The third-order valence-corrected chi connectivity index (χ3v) is 3.10. The predicted octanol–water partition coefficient (Wildman–Crippen LogP) is 2.82. The van der Waals surface area contributed by atoms with Gasteiger partial charge in [-0.1, -0.05) is 30.0 Å². The molecule has 0 atom stereocenters. The lowest BCUT2D eigenvalue weighted by molar-refractivity contribution is -0.385. The van der Waals surface area contributed by atoms with E-state index >= 15 is 0 Å². The summed E-state index contributed by atoms with van der Waals surface area (Å²) in [7, 11) is 0. The van der Waals surface area contributed by atoms with E-state index in [4.69, 9.17) is 0 Å². The first-order valence-electron chi connectivity index (χ1n) is 6.75. The molecule has 2 rings (SSSR count). The number of nitro benzene ring substituents is 1. The number of nitrogens with one attached hydrogen (secondary N) is 1. The molecule has 0 unspecified atom stereocenters. The van der Waals surface area contributed by atoms with Gasteiger partial charge in [0.05, 0.1) is 17.0 Å². The highest BCUT2D eigenvalue weighted by atomic mass is 19.1. The monoisotopic (exact) mass is 312 g/mol. The van der Waals surface area contributed by atoms with Gasteiger partial charge in [0.1, 0.15) is 5.82 Å². The summed E-state index contributed by atoms with van der Waals surface area (Å²) in [6.07, 6.45) is 0. The van der Waals surface area contributed by atoms with Crippen LogP contribution in [0.4, 0.5) is 10.1 Å². The summed E-state index contributed by atoms with van der Waals surface area (Å²) in [6.45, 7) is 1.61. The average Bonchev–Trinajstić information content (AvgIpc) is 2.53. The van der Waals surface area contributed by atoms with E-state index in [9.17, 15) is 19.3 Å². The molecule has 0 spiro atoms. The van der Waals surface area contributed by atoms with E-state index in [0.717, 1.165) is 0 Å². The Balaban J connectivity index is 2.03. The molecule has 5 nitrogen and oxygen atoms in total. The predicted molar refractivity (Wildman–Crippen MR) is 83.4 cm³/mol. The Hall–Kier alpha value is -3.20. The Morgan fingerprint density at radius 1 is 1.30 bits per heavy atom. The minimum absolute atomic E-state index is 0.00877. The van der Waals surface area contributed by atoms with Crippen LogP contribution < -0.4 is 5.32 Å². The van der Waals surface area contributed by atoms with Gasteiger partial charge in [-0.3, -0.25) is 14.9 Å². The number of hydrogen-bond acceptors (Lipinski definition) is 3. The molecule has 2 aromatic rings. The second-order valence-corrected chi connectivity index (χ2v) is 4.72. The highest BCUT2D eigenvalue weighted by Gasteiger charge is 2.14. The van der Waals surface area contributed by atoms with Gasteiger partial charge in [0, 0.05) is 17.2 Å². The maximum Gasteiger partial charge on any atom is 0.273 e. The molecular formula is C17H13FN2O3. The fraction of sp³-hybridized carbons (Fsp3) is 0.118. The van der Waals surface area contributed by atoms with Crippen LogP contribution in [0.2, 0.25) is 0 Å². The average molecular weight is 312 g/mol. The summed E-state index contributed by atoms with van der Waals surface area (Å²) in [5.41, 5.74) is 0.781. The van der Waals surface area contributed by atoms with Gasteiger partial charge in [0.15, 0.2) is 0 Å². The minimum atomic E-state index is -0.538. The minimum Gasteiger partial charge on any atom is -0.341 e. The zero-order chi connectivity index (χ0) is 16.8. The largest absolute Gasteiger partial charge is 0.341 e. The molecule has 0 aliphatic rings. The van der Waals surface area contributed by atoms with E-state index in [0.29, 0.717) is 5.56 Å². The number of nitrogens with zero attached hydrogens (tertiary/aromatic N) is 1. The number of rotatable bonds is 3. The summed E-state index contributed by atoms with van der Waals surface area (Å²) in [4.78, 5) is 22.3. The molecule has 23 heavy (non-hydrogen) atoms. The number of hydrogen-bond donors (Lipinski definition) is 1. The van der Waals surface area contributed by atoms with Crippen molar-refractivity contribution in [3.05, 3.63) is 75.1 Å². The van der Waals surface area contributed by atoms with Crippen LogP contribution in [0.3, 0.4) is 0 Å². The first kappa shape index (κ1) is 16.2. The molecule has 0 saturated heterocycles. The van der Waals surface area contributed by atoms with E-state index in [1.54, 1.807) is 19.1 Å². The normalized spacial score (nSPS) is 9.65. The summed E-state index contributed by atoms with van der Waals surface area (Å²) in [5, 5.41) is 13.4. The molecular weight excluding hydrogens is 299 g/mol. The molecule has 0 radical (unpaired) electrons. The summed E-state index contributed by atoms with van der Waals surface area (Å²) >= 11 is 0. The highest BCUT2D eigenvalue weighted by molar-refractivity contribution is 5.95. The van der Waals surface area contributed by atoms with Crippen LogP contribution in [0.5, 0.6) is 0 Å². The van der Waals surface area contributed by atoms with Crippen molar-refractivity contribution in [1.82, 2.24) is 5.32 Å². The third-order valence-electron chi connectivity index (χ3n) is 3.10. The molecule has 0 fully saturated rings. The number of halogens is 1. The van der Waals surface area contributed by atoms with Gasteiger partial charge < -0.3 is 5.32 Å². The molecule has 2 aromatic carbocycles. The summed E-state index contributed by atoms with van der Waals surface area (Å²) in [5.74, 6) is 4.34. The van der Waals surface area contributed by atoms with E-state index in [1.165, 1.54) is 30.3 Å². The van der Waals surface area contributed by atoms with Crippen LogP contribution in [-0.4, -0.2) is 17.4 Å². The van der Waals surface area contributed by atoms with Crippen molar-refractivity contribution >= 4 is 11.6 Å². The number of amides is 1. The van der Waals surface area contributed by atoms with Gasteiger partial charge in [0.2, 0.25) is 0 Å².